The van der Waals surface area contributed by atoms with E-state index < -0.39 is 63.3 Å². The molecule has 12 heteroatoms. The normalized spacial score (nSPS) is 12.8. The van der Waals surface area contributed by atoms with Crippen LogP contribution in [0.4, 0.5) is 45.2 Å². The molecule has 31 heavy (non-hydrogen) atoms. The van der Waals surface area contributed by atoms with Gasteiger partial charge in [-0.1, -0.05) is 12.1 Å². The molecule has 0 atom stereocenters. The lowest BCUT2D eigenvalue weighted by atomic mass is 9.90. The first-order valence-electron chi connectivity index (χ1n) is 8.24. The Morgan fingerprint density at radius 3 is 2.10 bits per heavy atom. The Hall–Kier alpha value is -3.31. The van der Waals surface area contributed by atoms with Crippen molar-refractivity contribution >= 4 is 22.5 Å². The van der Waals surface area contributed by atoms with Crippen LogP contribution < -0.4 is 5.32 Å². The van der Waals surface area contributed by atoms with E-state index in [0.29, 0.717) is 12.1 Å². The Morgan fingerprint density at radius 1 is 0.871 bits per heavy atom. The highest BCUT2D eigenvalue weighted by atomic mass is 19.4. The lowest BCUT2D eigenvalue weighted by molar-refractivity contribution is -0.348. The predicted molar refractivity (Wildman–Crippen MR) is 91.0 cm³/mol. The molecule has 3 aromatic rings. The maximum atomic E-state index is 14.6. The van der Waals surface area contributed by atoms with Gasteiger partial charge in [0.1, 0.15) is 11.6 Å². The van der Waals surface area contributed by atoms with E-state index in [9.17, 15) is 44.3 Å². The standard InChI is InChI=1S/C19H9F9N2O/c20-9-3-4-11(13(21)8-9)16(31)30-14-6-5-12(10-2-1-7-29-15(10)14)17(22,18(23,24)25)19(26,27)28/h1-8H,(H,30,31). The maximum Gasteiger partial charge on any atom is 0.435 e. The SMILES string of the molecule is O=C(Nc1ccc(C(F)(C(F)(F)F)C(F)(F)F)c2cccnc12)c1ccc(F)cc1F. The van der Waals surface area contributed by atoms with Crippen LogP contribution in [0.1, 0.15) is 15.9 Å². The molecule has 0 aliphatic carbocycles. The molecule has 0 saturated heterocycles. The van der Waals surface area contributed by atoms with Crippen molar-refractivity contribution in [3.63, 3.8) is 0 Å². The van der Waals surface area contributed by atoms with E-state index in [0.717, 1.165) is 30.5 Å². The Balaban J connectivity index is 2.15. The quantitative estimate of drug-likeness (QED) is 0.492. The molecule has 0 aliphatic rings. The number of hydrogen-bond donors (Lipinski definition) is 1. The third kappa shape index (κ3) is 3.77. The molecular weight excluding hydrogens is 443 g/mol. The number of nitrogens with zero attached hydrogens (tertiary/aromatic N) is 1. The summed E-state index contributed by atoms with van der Waals surface area (Å²) in [5.41, 5.74) is -9.17. The lowest BCUT2D eigenvalue weighted by Crippen LogP contribution is -2.50. The van der Waals surface area contributed by atoms with Gasteiger partial charge in [-0.15, -0.1) is 0 Å². The number of fused-ring (bicyclic) bond motifs is 1. The zero-order valence-electron chi connectivity index (χ0n) is 14.9. The molecule has 0 fully saturated rings. The van der Waals surface area contributed by atoms with Gasteiger partial charge in [0, 0.05) is 23.2 Å². The number of carbonyl (C=O) groups excluding carboxylic acids is 1. The van der Waals surface area contributed by atoms with E-state index in [-0.39, 0.29) is 6.07 Å². The number of anilines is 1. The fraction of sp³-hybridized carbons (Fsp3) is 0.158. The van der Waals surface area contributed by atoms with Crippen LogP contribution in [-0.4, -0.2) is 23.2 Å². The lowest BCUT2D eigenvalue weighted by Gasteiger charge is -2.31. The zero-order valence-corrected chi connectivity index (χ0v) is 14.9. The minimum atomic E-state index is -6.35. The van der Waals surface area contributed by atoms with Crippen LogP contribution in [0.5, 0.6) is 0 Å². The summed E-state index contributed by atoms with van der Waals surface area (Å²) < 4.78 is 120. The number of amides is 1. The number of carbonyl (C=O) groups is 1. The summed E-state index contributed by atoms with van der Waals surface area (Å²) >= 11 is 0. The number of rotatable bonds is 3. The highest BCUT2D eigenvalue weighted by molar-refractivity contribution is 6.08. The van der Waals surface area contributed by atoms with Crippen LogP contribution in [0.2, 0.25) is 0 Å². The third-order valence-corrected chi connectivity index (χ3v) is 4.35. The largest absolute Gasteiger partial charge is 0.435 e. The Kier molecular flexibility index (Phi) is 5.36. The molecule has 0 radical (unpaired) electrons. The van der Waals surface area contributed by atoms with Crippen LogP contribution in [0.15, 0.2) is 48.7 Å². The molecule has 1 aromatic heterocycles. The second-order valence-corrected chi connectivity index (χ2v) is 6.29. The molecule has 0 spiro atoms. The molecule has 0 saturated carbocycles. The van der Waals surface area contributed by atoms with E-state index in [1.54, 1.807) is 0 Å². The second-order valence-electron chi connectivity index (χ2n) is 6.29. The first kappa shape index (κ1) is 22.4. The van der Waals surface area contributed by atoms with Crippen LogP contribution >= 0.6 is 0 Å². The van der Waals surface area contributed by atoms with Crippen LogP contribution in [0.25, 0.3) is 10.9 Å². The first-order chi connectivity index (χ1) is 14.3. The fourth-order valence-corrected chi connectivity index (χ4v) is 2.90. The maximum absolute atomic E-state index is 14.6. The van der Waals surface area contributed by atoms with Crippen molar-refractivity contribution in [3.8, 4) is 0 Å². The van der Waals surface area contributed by atoms with Gasteiger partial charge in [0.15, 0.2) is 0 Å². The van der Waals surface area contributed by atoms with Crippen molar-refractivity contribution in [2.45, 2.75) is 18.0 Å². The summed E-state index contributed by atoms with van der Waals surface area (Å²) in [6.45, 7) is 0. The molecule has 1 heterocycles. The highest BCUT2D eigenvalue weighted by Crippen LogP contribution is 2.54. The molecular formula is C19H9F9N2O. The number of pyridine rings is 1. The van der Waals surface area contributed by atoms with E-state index in [2.05, 4.69) is 10.3 Å². The van der Waals surface area contributed by atoms with Gasteiger partial charge in [-0.25, -0.2) is 13.2 Å². The van der Waals surface area contributed by atoms with Gasteiger partial charge in [0.25, 0.3) is 5.91 Å². The van der Waals surface area contributed by atoms with Crippen molar-refractivity contribution in [2.24, 2.45) is 0 Å². The van der Waals surface area contributed by atoms with E-state index >= 15 is 0 Å². The molecule has 3 rings (SSSR count). The van der Waals surface area contributed by atoms with Crippen molar-refractivity contribution in [2.75, 3.05) is 5.32 Å². The van der Waals surface area contributed by atoms with Gasteiger partial charge in [-0.3, -0.25) is 9.78 Å². The topological polar surface area (TPSA) is 42.0 Å². The van der Waals surface area contributed by atoms with Gasteiger partial charge in [-0.05, 0) is 24.3 Å². The summed E-state index contributed by atoms with van der Waals surface area (Å²) in [6.07, 6.45) is -11.7. The number of aromatic nitrogens is 1. The zero-order chi connectivity index (χ0) is 23.2. The van der Waals surface area contributed by atoms with Crippen LogP contribution in [0.3, 0.4) is 0 Å². The molecule has 1 amide bonds. The smallest absolute Gasteiger partial charge is 0.320 e. The van der Waals surface area contributed by atoms with Gasteiger partial charge in [0.2, 0.25) is 0 Å². The van der Waals surface area contributed by atoms with Gasteiger partial charge >= 0.3 is 18.0 Å². The summed E-state index contributed by atoms with van der Waals surface area (Å²) in [6, 6.07) is 4.48. The van der Waals surface area contributed by atoms with Crippen molar-refractivity contribution in [1.29, 1.82) is 0 Å². The first-order valence-corrected chi connectivity index (χ1v) is 8.24. The number of hydrogen-bond acceptors (Lipinski definition) is 2. The van der Waals surface area contributed by atoms with Crippen molar-refractivity contribution < 1.29 is 44.3 Å². The highest BCUT2D eigenvalue weighted by Gasteiger charge is 2.74. The van der Waals surface area contributed by atoms with Gasteiger partial charge in [0.05, 0.1) is 16.8 Å². The molecule has 1 N–H and O–H groups in total. The number of benzene rings is 2. The minimum absolute atomic E-state index is 0.210. The minimum Gasteiger partial charge on any atom is -0.320 e. The molecule has 2 aromatic carbocycles. The Labute approximate surface area is 167 Å². The summed E-state index contributed by atoms with van der Waals surface area (Å²) in [4.78, 5) is 15.9. The third-order valence-electron chi connectivity index (χ3n) is 4.35. The average Bonchev–Trinajstić information content (AvgIpc) is 2.65. The molecule has 3 nitrogen and oxygen atoms in total. The Morgan fingerprint density at radius 2 is 1.52 bits per heavy atom. The molecule has 164 valence electrons. The van der Waals surface area contributed by atoms with Crippen LogP contribution in [-0.2, 0) is 5.67 Å². The van der Waals surface area contributed by atoms with E-state index in [4.69, 9.17) is 0 Å². The average molecular weight is 452 g/mol. The van der Waals surface area contributed by atoms with Gasteiger partial charge < -0.3 is 5.32 Å². The van der Waals surface area contributed by atoms with E-state index in [1.165, 1.54) is 0 Å². The summed E-state index contributed by atoms with van der Waals surface area (Å²) in [5.74, 6) is -3.43. The number of nitrogens with one attached hydrogen (secondary N) is 1. The summed E-state index contributed by atoms with van der Waals surface area (Å²) in [5, 5.41) is 1.19. The predicted octanol–water partition coefficient (Wildman–Crippen LogP) is 6.05. The summed E-state index contributed by atoms with van der Waals surface area (Å²) in [7, 11) is 0. The number of halogens is 9. The molecule has 0 aliphatic heterocycles. The van der Waals surface area contributed by atoms with Crippen LogP contribution in [0, 0.1) is 11.6 Å². The second kappa shape index (κ2) is 7.43. The molecule has 0 unspecified atom stereocenters. The fourth-order valence-electron chi connectivity index (χ4n) is 2.90. The Bertz CT molecular complexity index is 1140. The van der Waals surface area contributed by atoms with Gasteiger partial charge in [-0.2, -0.15) is 26.3 Å². The monoisotopic (exact) mass is 452 g/mol. The van der Waals surface area contributed by atoms with Crippen molar-refractivity contribution in [1.82, 2.24) is 4.98 Å². The van der Waals surface area contributed by atoms with Crippen molar-refractivity contribution in [3.05, 3.63) is 71.4 Å². The van der Waals surface area contributed by atoms with E-state index in [1.807, 2.05) is 0 Å². The number of alkyl halides is 7. The molecule has 0 bridgehead atoms.